The van der Waals surface area contributed by atoms with Gasteiger partial charge in [-0.1, -0.05) is 6.07 Å². The molecule has 0 spiro atoms. The fraction of sp³-hybridized carbons (Fsp3) is 0.500. The minimum absolute atomic E-state index is 0. The van der Waals surface area contributed by atoms with E-state index in [0.717, 1.165) is 18.9 Å². The van der Waals surface area contributed by atoms with Crippen LogP contribution in [0.25, 0.3) is 0 Å². The Labute approximate surface area is 149 Å². The van der Waals surface area contributed by atoms with Crippen LogP contribution in [0.4, 0.5) is 13.2 Å². The van der Waals surface area contributed by atoms with Crippen LogP contribution in [0.15, 0.2) is 29.2 Å². The first kappa shape index (κ1) is 21.7. The van der Waals surface area contributed by atoms with Gasteiger partial charge in [-0.15, -0.1) is 12.4 Å². The molecule has 0 bridgehead atoms. The van der Waals surface area contributed by atoms with Gasteiger partial charge in [0.1, 0.15) is 6.54 Å². The van der Waals surface area contributed by atoms with Crippen LogP contribution < -0.4 is 15.8 Å². The number of sulfonamides is 1. The van der Waals surface area contributed by atoms with Crippen molar-refractivity contribution in [2.75, 3.05) is 13.1 Å². The number of amides is 1. The van der Waals surface area contributed by atoms with Gasteiger partial charge in [0.05, 0.1) is 4.90 Å². The Hall–Kier alpha value is -1.36. The number of alkyl halides is 3. The van der Waals surface area contributed by atoms with E-state index >= 15 is 0 Å². The summed E-state index contributed by atoms with van der Waals surface area (Å²) in [6.07, 6.45) is -2.76. The summed E-state index contributed by atoms with van der Waals surface area (Å²) in [6, 6.07) is 4.45. The smallest absolute Gasteiger partial charge is 0.343 e. The fourth-order valence-corrected chi connectivity index (χ4v) is 3.55. The summed E-state index contributed by atoms with van der Waals surface area (Å²) >= 11 is 0. The van der Waals surface area contributed by atoms with E-state index in [1.807, 2.05) is 0 Å². The van der Waals surface area contributed by atoms with Crippen molar-refractivity contribution in [3.05, 3.63) is 29.8 Å². The van der Waals surface area contributed by atoms with Crippen molar-refractivity contribution in [1.29, 1.82) is 0 Å². The molecule has 0 aromatic heterocycles. The number of carbonyl (C=O) groups excluding carboxylic acids is 1. The van der Waals surface area contributed by atoms with Crippen molar-refractivity contribution < 1.29 is 26.4 Å². The standard InChI is InChI=1S/C14H18F3N3O3S.ClH/c15-14(16,17)8-19-13(21)10-2-1-3-11(6-10)24(22,23)20-12(7-18)9-4-5-9;/h1-3,6,9,12,20H,4-5,7-8,18H2,(H,19,21);1H. The number of nitrogens with two attached hydrogens (primary N) is 1. The zero-order valence-electron chi connectivity index (χ0n) is 13.0. The lowest BCUT2D eigenvalue weighted by Crippen LogP contribution is -2.41. The third-order valence-corrected chi connectivity index (χ3v) is 5.10. The van der Waals surface area contributed by atoms with Gasteiger partial charge in [0.15, 0.2) is 0 Å². The SMILES string of the molecule is Cl.NCC(NS(=O)(=O)c1cccc(C(=O)NCC(F)(F)F)c1)C1CC1. The molecule has 0 aliphatic heterocycles. The number of hydrogen-bond donors (Lipinski definition) is 3. The highest BCUT2D eigenvalue weighted by Crippen LogP contribution is 2.32. The Morgan fingerprint density at radius 2 is 1.96 bits per heavy atom. The molecule has 1 atom stereocenters. The second kappa shape index (κ2) is 8.35. The predicted octanol–water partition coefficient (Wildman–Crippen LogP) is 1.42. The largest absolute Gasteiger partial charge is 0.405 e. The lowest BCUT2D eigenvalue weighted by atomic mass is 10.2. The van der Waals surface area contributed by atoms with Gasteiger partial charge in [0, 0.05) is 18.2 Å². The van der Waals surface area contributed by atoms with E-state index < -0.39 is 34.7 Å². The minimum Gasteiger partial charge on any atom is -0.343 e. The van der Waals surface area contributed by atoms with Gasteiger partial charge in [-0.2, -0.15) is 13.2 Å². The summed E-state index contributed by atoms with van der Waals surface area (Å²) < 4.78 is 63.6. The molecule has 1 fully saturated rings. The molecule has 0 heterocycles. The van der Waals surface area contributed by atoms with Crippen LogP contribution in [0.5, 0.6) is 0 Å². The molecule has 2 rings (SSSR count). The van der Waals surface area contributed by atoms with Crippen LogP contribution in [-0.4, -0.2) is 39.6 Å². The summed E-state index contributed by atoms with van der Waals surface area (Å²) in [5.41, 5.74) is 5.39. The Morgan fingerprint density at radius 3 is 2.48 bits per heavy atom. The molecule has 1 aliphatic carbocycles. The summed E-state index contributed by atoms with van der Waals surface area (Å²) in [4.78, 5) is 11.5. The van der Waals surface area contributed by atoms with Crippen molar-refractivity contribution in [1.82, 2.24) is 10.0 Å². The Kier molecular flexibility index (Phi) is 7.24. The minimum atomic E-state index is -4.54. The average molecular weight is 402 g/mol. The molecule has 142 valence electrons. The topological polar surface area (TPSA) is 101 Å². The summed E-state index contributed by atoms with van der Waals surface area (Å²) in [5.74, 6) is -0.801. The molecule has 1 aliphatic rings. The molecule has 11 heteroatoms. The van der Waals surface area contributed by atoms with E-state index in [-0.39, 0.29) is 35.3 Å². The Bertz CT molecular complexity index is 709. The van der Waals surface area contributed by atoms with Gasteiger partial charge < -0.3 is 11.1 Å². The van der Waals surface area contributed by atoms with E-state index in [0.29, 0.717) is 0 Å². The second-order valence-electron chi connectivity index (χ2n) is 5.63. The lowest BCUT2D eigenvalue weighted by Gasteiger charge is -2.16. The Morgan fingerprint density at radius 1 is 1.32 bits per heavy atom. The molecule has 1 aromatic rings. The van der Waals surface area contributed by atoms with Gasteiger partial charge in [-0.05, 0) is 37.0 Å². The van der Waals surface area contributed by atoms with Crippen molar-refractivity contribution in [3.63, 3.8) is 0 Å². The van der Waals surface area contributed by atoms with Gasteiger partial charge in [-0.25, -0.2) is 13.1 Å². The number of halogens is 4. The third-order valence-electron chi connectivity index (χ3n) is 3.61. The number of rotatable bonds is 7. The van der Waals surface area contributed by atoms with Gasteiger partial charge in [0.25, 0.3) is 5.91 Å². The summed E-state index contributed by atoms with van der Waals surface area (Å²) in [5, 5.41) is 1.70. The lowest BCUT2D eigenvalue weighted by molar-refractivity contribution is -0.123. The fourth-order valence-electron chi connectivity index (χ4n) is 2.19. The molecule has 6 nitrogen and oxygen atoms in total. The predicted molar refractivity (Wildman–Crippen MR) is 88.0 cm³/mol. The van der Waals surface area contributed by atoms with E-state index in [1.54, 1.807) is 5.32 Å². The van der Waals surface area contributed by atoms with Gasteiger partial charge >= 0.3 is 6.18 Å². The highest BCUT2D eigenvalue weighted by atomic mass is 35.5. The molecule has 1 saturated carbocycles. The molecule has 1 amide bonds. The Balaban J connectivity index is 0.00000312. The second-order valence-corrected chi connectivity index (χ2v) is 7.34. The van der Waals surface area contributed by atoms with Gasteiger partial charge in [0.2, 0.25) is 10.0 Å². The highest BCUT2D eigenvalue weighted by molar-refractivity contribution is 7.89. The molecule has 4 N–H and O–H groups in total. The maximum Gasteiger partial charge on any atom is 0.405 e. The monoisotopic (exact) mass is 401 g/mol. The van der Waals surface area contributed by atoms with E-state index in [1.165, 1.54) is 18.2 Å². The van der Waals surface area contributed by atoms with Crippen LogP contribution in [-0.2, 0) is 10.0 Å². The molecule has 0 saturated heterocycles. The maximum atomic E-state index is 12.3. The van der Waals surface area contributed by atoms with E-state index in [9.17, 15) is 26.4 Å². The zero-order chi connectivity index (χ0) is 18.0. The maximum absolute atomic E-state index is 12.3. The van der Waals surface area contributed by atoms with Crippen molar-refractivity contribution in [2.45, 2.75) is 30.0 Å². The van der Waals surface area contributed by atoms with E-state index in [2.05, 4.69) is 4.72 Å². The first-order valence-corrected chi connectivity index (χ1v) is 8.78. The highest BCUT2D eigenvalue weighted by Gasteiger charge is 2.33. The molecule has 25 heavy (non-hydrogen) atoms. The van der Waals surface area contributed by atoms with Gasteiger partial charge in [-0.3, -0.25) is 4.79 Å². The molecule has 1 unspecified atom stereocenters. The normalized spacial score (nSPS) is 16.0. The van der Waals surface area contributed by atoms with Crippen LogP contribution in [0, 0.1) is 5.92 Å². The molecule has 1 aromatic carbocycles. The molecular formula is C14H19ClF3N3O3S. The summed E-state index contributed by atoms with van der Waals surface area (Å²) in [6.45, 7) is -1.34. The van der Waals surface area contributed by atoms with Crippen LogP contribution in [0.2, 0.25) is 0 Å². The first-order chi connectivity index (χ1) is 11.1. The first-order valence-electron chi connectivity index (χ1n) is 7.30. The molecule has 0 radical (unpaired) electrons. The quantitative estimate of drug-likeness (QED) is 0.643. The zero-order valence-corrected chi connectivity index (χ0v) is 14.7. The van der Waals surface area contributed by atoms with Crippen LogP contribution >= 0.6 is 12.4 Å². The summed E-state index contributed by atoms with van der Waals surface area (Å²) in [7, 11) is -3.91. The van der Waals surface area contributed by atoms with Crippen molar-refractivity contribution in [2.24, 2.45) is 11.7 Å². The van der Waals surface area contributed by atoms with Crippen LogP contribution in [0.3, 0.4) is 0 Å². The van der Waals surface area contributed by atoms with E-state index in [4.69, 9.17) is 5.73 Å². The number of nitrogens with one attached hydrogen (secondary N) is 2. The number of carbonyl (C=O) groups is 1. The average Bonchev–Trinajstić information content (AvgIpc) is 3.34. The number of benzene rings is 1. The van der Waals surface area contributed by atoms with Crippen molar-refractivity contribution in [3.8, 4) is 0 Å². The van der Waals surface area contributed by atoms with Crippen molar-refractivity contribution >= 4 is 28.3 Å². The van der Waals surface area contributed by atoms with Crippen LogP contribution in [0.1, 0.15) is 23.2 Å². The number of hydrogen-bond acceptors (Lipinski definition) is 4. The molecular weight excluding hydrogens is 383 g/mol. The third kappa shape index (κ3) is 6.46.